The maximum absolute atomic E-state index is 11.6. The van der Waals surface area contributed by atoms with Crippen LogP contribution in [-0.2, 0) is 19.6 Å². The van der Waals surface area contributed by atoms with Crippen molar-refractivity contribution in [3.63, 3.8) is 0 Å². The molecule has 0 aliphatic rings. The Morgan fingerprint density at radius 3 is 2.78 bits per heavy atom. The molecule has 1 aromatic rings. The number of para-hydroxylation sites is 1. The molecule has 0 saturated heterocycles. The zero-order valence-electron chi connectivity index (χ0n) is 9.51. The van der Waals surface area contributed by atoms with Crippen LogP contribution in [-0.4, -0.2) is 31.9 Å². The van der Waals surface area contributed by atoms with Gasteiger partial charge in [-0.2, -0.15) is 0 Å². The van der Waals surface area contributed by atoms with Crippen LogP contribution in [0.1, 0.15) is 6.92 Å². The highest BCUT2D eigenvalue weighted by Crippen LogP contribution is 2.31. The van der Waals surface area contributed by atoms with Crippen molar-refractivity contribution in [2.24, 2.45) is 0 Å². The quantitative estimate of drug-likeness (QED) is 0.631. The van der Waals surface area contributed by atoms with Gasteiger partial charge in [0.05, 0.1) is 17.3 Å². The van der Waals surface area contributed by atoms with E-state index in [1.807, 2.05) is 0 Å². The summed E-state index contributed by atoms with van der Waals surface area (Å²) in [7, 11) is -3.94. The van der Waals surface area contributed by atoms with E-state index in [4.69, 9.17) is 11.6 Å². The average molecular weight is 294 g/mol. The number of sulfonamides is 1. The molecule has 0 aromatic heterocycles. The molecule has 0 saturated carbocycles. The first-order chi connectivity index (χ1) is 8.35. The van der Waals surface area contributed by atoms with Gasteiger partial charge in [-0.15, -0.1) is 0 Å². The maximum Gasteiger partial charge on any atom is 0.323 e. The Labute approximate surface area is 110 Å². The fraction of sp³-hybridized carbons (Fsp3) is 0.300. The number of phenols is 1. The summed E-state index contributed by atoms with van der Waals surface area (Å²) in [5.74, 6) is -2.09. The third-order valence-corrected chi connectivity index (χ3v) is 3.32. The minimum Gasteiger partial charge on any atom is -0.504 e. The highest BCUT2D eigenvalue weighted by atomic mass is 35.5. The molecule has 0 unspecified atom stereocenters. The van der Waals surface area contributed by atoms with Gasteiger partial charge in [0.1, 0.15) is 0 Å². The van der Waals surface area contributed by atoms with E-state index in [0.29, 0.717) is 0 Å². The van der Waals surface area contributed by atoms with E-state index < -0.39 is 27.5 Å². The standard InChI is InChI=1S/C10H12ClNO5S/c1-2-17-9(13)6-18(15,16)12-8-5-3-4-7(11)10(8)14/h3-5,12,14H,2,6H2,1H3. The Morgan fingerprint density at radius 2 is 2.17 bits per heavy atom. The fourth-order valence-electron chi connectivity index (χ4n) is 1.16. The van der Waals surface area contributed by atoms with Gasteiger partial charge in [-0.25, -0.2) is 8.42 Å². The molecule has 1 rings (SSSR count). The van der Waals surface area contributed by atoms with Crippen LogP contribution >= 0.6 is 11.6 Å². The number of rotatable bonds is 5. The molecular weight excluding hydrogens is 282 g/mol. The van der Waals surface area contributed by atoms with Crippen LogP contribution in [0.2, 0.25) is 5.02 Å². The number of esters is 1. The number of hydrogen-bond acceptors (Lipinski definition) is 5. The van der Waals surface area contributed by atoms with Crippen molar-refractivity contribution in [2.45, 2.75) is 6.92 Å². The third-order valence-electron chi connectivity index (χ3n) is 1.87. The molecule has 2 N–H and O–H groups in total. The van der Waals surface area contributed by atoms with Crippen LogP contribution in [0.25, 0.3) is 0 Å². The first-order valence-corrected chi connectivity index (χ1v) is 7.02. The van der Waals surface area contributed by atoms with Gasteiger partial charge >= 0.3 is 5.97 Å². The first kappa shape index (κ1) is 14.6. The van der Waals surface area contributed by atoms with E-state index in [0.717, 1.165) is 0 Å². The molecule has 0 radical (unpaired) electrons. The van der Waals surface area contributed by atoms with Crippen LogP contribution in [0.3, 0.4) is 0 Å². The van der Waals surface area contributed by atoms with Gasteiger partial charge in [-0.05, 0) is 19.1 Å². The van der Waals surface area contributed by atoms with E-state index in [1.165, 1.54) is 18.2 Å². The second-order valence-electron chi connectivity index (χ2n) is 3.30. The summed E-state index contributed by atoms with van der Waals surface area (Å²) < 4.78 is 29.7. The molecule has 0 bridgehead atoms. The number of anilines is 1. The zero-order chi connectivity index (χ0) is 13.8. The highest BCUT2D eigenvalue weighted by molar-refractivity contribution is 7.93. The number of carbonyl (C=O) groups excluding carboxylic acids is 1. The number of halogens is 1. The largest absolute Gasteiger partial charge is 0.504 e. The minimum absolute atomic E-state index is 0.00587. The van der Waals surface area contributed by atoms with E-state index in [9.17, 15) is 18.3 Å². The van der Waals surface area contributed by atoms with Crippen molar-refractivity contribution in [1.82, 2.24) is 0 Å². The first-order valence-electron chi connectivity index (χ1n) is 4.99. The SMILES string of the molecule is CCOC(=O)CS(=O)(=O)Nc1cccc(Cl)c1O. The van der Waals surface area contributed by atoms with Gasteiger partial charge in [-0.1, -0.05) is 17.7 Å². The monoisotopic (exact) mass is 293 g/mol. The molecule has 0 heterocycles. The maximum atomic E-state index is 11.6. The van der Waals surface area contributed by atoms with E-state index in [-0.39, 0.29) is 17.3 Å². The van der Waals surface area contributed by atoms with Crippen LogP contribution in [0, 0.1) is 0 Å². The number of nitrogens with one attached hydrogen (secondary N) is 1. The van der Waals surface area contributed by atoms with Gasteiger partial charge in [0.15, 0.2) is 11.5 Å². The number of ether oxygens (including phenoxy) is 1. The van der Waals surface area contributed by atoms with Gasteiger partial charge in [-0.3, -0.25) is 9.52 Å². The lowest BCUT2D eigenvalue weighted by Crippen LogP contribution is -2.24. The van der Waals surface area contributed by atoms with Gasteiger partial charge in [0, 0.05) is 0 Å². The molecule has 1 aromatic carbocycles. The number of aromatic hydroxyl groups is 1. The van der Waals surface area contributed by atoms with Crippen LogP contribution in [0.5, 0.6) is 5.75 Å². The smallest absolute Gasteiger partial charge is 0.323 e. The Morgan fingerprint density at radius 1 is 1.50 bits per heavy atom. The second kappa shape index (κ2) is 5.92. The van der Waals surface area contributed by atoms with Gasteiger partial charge < -0.3 is 9.84 Å². The van der Waals surface area contributed by atoms with Gasteiger partial charge in [0.2, 0.25) is 10.0 Å². The summed E-state index contributed by atoms with van der Waals surface area (Å²) in [5, 5.41) is 9.53. The number of hydrogen-bond donors (Lipinski definition) is 2. The van der Waals surface area contributed by atoms with E-state index in [2.05, 4.69) is 9.46 Å². The van der Waals surface area contributed by atoms with Crippen molar-refractivity contribution >= 4 is 33.3 Å². The summed E-state index contributed by atoms with van der Waals surface area (Å²) in [4.78, 5) is 11.1. The summed E-state index contributed by atoms with van der Waals surface area (Å²) in [6, 6.07) is 4.19. The van der Waals surface area contributed by atoms with Crippen molar-refractivity contribution < 1.29 is 23.1 Å². The zero-order valence-corrected chi connectivity index (χ0v) is 11.1. The molecule has 18 heavy (non-hydrogen) atoms. The molecule has 0 aliphatic heterocycles. The summed E-state index contributed by atoms with van der Waals surface area (Å²) in [5.41, 5.74) is -0.0909. The molecule has 0 spiro atoms. The molecular formula is C10H12ClNO5S. The van der Waals surface area contributed by atoms with E-state index >= 15 is 0 Å². The molecule has 0 fully saturated rings. The number of phenolic OH excluding ortho intramolecular Hbond substituents is 1. The molecule has 100 valence electrons. The van der Waals surface area contributed by atoms with Crippen molar-refractivity contribution in [3.05, 3.63) is 23.2 Å². The van der Waals surface area contributed by atoms with Crippen LogP contribution in [0.4, 0.5) is 5.69 Å². The third kappa shape index (κ3) is 4.08. The van der Waals surface area contributed by atoms with Crippen LogP contribution in [0.15, 0.2) is 18.2 Å². The van der Waals surface area contributed by atoms with Crippen molar-refractivity contribution in [3.8, 4) is 5.75 Å². The highest BCUT2D eigenvalue weighted by Gasteiger charge is 2.19. The summed E-state index contributed by atoms with van der Waals surface area (Å²) >= 11 is 5.62. The second-order valence-corrected chi connectivity index (χ2v) is 5.43. The average Bonchev–Trinajstić information content (AvgIpc) is 2.24. The lowest BCUT2D eigenvalue weighted by Gasteiger charge is -2.09. The van der Waals surface area contributed by atoms with Gasteiger partial charge in [0.25, 0.3) is 0 Å². The van der Waals surface area contributed by atoms with Crippen molar-refractivity contribution in [2.75, 3.05) is 17.1 Å². The summed E-state index contributed by atoms with van der Waals surface area (Å²) in [6.45, 7) is 1.66. The Bertz CT molecular complexity index is 543. The number of carbonyl (C=O) groups is 1. The molecule has 6 nitrogen and oxygen atoms in total. The minimum atomic E-state index is -3.94. The molecule has 8 heteroatoms. The topological polar surface area (TPSA) is 92.7 Å². The van der Waals surface area contributed by atoms with E-state index in [1.54, 1.807) is 6.92 Å². The molecule has 0 aliphatic carbocycles. The predicted molar refractivity (Wildman–Crippen MR) is 67.2 cm³/mol. The predicted octanol–water partition coefficient (Wildman–Crippen LogP) is 1.35. The molecule has 0 amide bonds. The number of benzene rings is 1. The molecule has 0 atom stereocenters. The Balaban J connectivity index is 2.83. The Kier molecular flexibility index (Phi) is 4.80. The summed E-state index contributed by atoms with van der Waals surface area (Å²) in [6.07, 6.45) is 0. The lowest BCUT2D eigenvalue weighted by atomic mass is 10.3. The fourth-order valence-corrected chi connectivity index (χ4v) is 2.30. The van der Waals surface area contributed by atoms with Crippen LogP contribution < -0.4 is 4.72 Å². The van der Waals surface area contributed by atoms with Crippen molar-refractivity contribution in [1.29, 1.82) is 0 Å². The Hall–Kier alpha value is -1.47. The normalized spacial score (nSPS) is 11.0. The lowest BCUT2D eigenvalue weighted by molar-refractivity contribution is -0.139.